The lowest BCUT2D eigenvalue weighted by Gasteiger charge is -2.26. The third-order valence-corrected chi connectivity index (χ3v) is 6.64. The van der Waals surface area contributed by atoms with Crippen LogP contribution in [0.2, 0.25) is 0 Å². The van der Waals surface area contributed by atoms with E-state index in [-0.39, 0.29) is 25.2 Å². The number of carbonyl (C=O) groups excluding carboxylic acids is 2. The van der Waals surface area contributed by atoms with E-state index in [1.165, 1.54) is 0 Å². The molecule has 3 aliphatic rings. The molecule has 0 radical (unpaired) electrons. The minimum Gasteiger partial charge on any atom is -0.455 e. The van der Waals surface area contributed by atoms with E-state index < -0.39 is 0 Å². The quantitative estimate of drug-likeness (QED) is 0.598. The number of carbonyl (C=O) groups is 2. The van der Waals surface area contributed by atoms with Gasteiger partial charge in [0.25, 0.3) is 5.91 Å². The van der Waals surface area contributed by atoms with E-state index in [1.54, 1.807) is 9.58 Å². The van der Waals surface area contributed by atoms with Gasteiger partial charge in [-0.2, -0.15) is 5.10 Å². The number of fused-ring (bicyclic) bond motifs is 4. The molecule has 35 heavy (non-hydrogen) atoms. The first-order valence-electron chi connectivity index (χ1n) is 11.8. The topological polar surface area (TPSA) is 108 Å². The van der Waals surface area contributed by atoms with Gasteiger partial charge in [0.15, 0.2) is 17.3 Å². The molecule has 0 atom stereocenters. The first kappa shape index (κ1) is 21.7. The van der Waals surface area contributed by atoms with Crippen molar-refractivity contribution in [2.24, 2.45) is 0 Å². The molecule has 1 N–H and O–H groups in total. The second-order valence-electron chi connectivity index (χ2n) is 8.92. The summed E-state index contributed by atoms with van der Waals surface area (Å²) in [5.74, 6) is 2.31. The maximum Gasteiger partial charge on any atom is 0.290 e. The Kier molecular flexibility index (Phi) is 5.44. The highest BCUT2D eigenvalue weighted by molar-refractivity contribution is 5.95. The van der Waals surface area contributed by atoms with Crippen LogP contribution in [-0.4, -0.2) is 59.6 Å². The van der Waals surface area contributed by atoms with Crippen LogP contribution in [0.1, 0.15) is 33.0 Å². The highest BCUT2D eigenvalue weighted by atomic mass is 16.7. The van der Waals surface area contributed by atoms with Crippen LogP contribution in [0.5, 0.6) is 11.5 Å². The van der Waals surface area contributed by atoms with Crippen molar-refractivity contribution in [1.82, 2.24) is 20.0 Å². The molecule has 10 nitrogen and oxygen atoms in total. The zero-order chi connectivity index (χ0) is 23.9. The smallest absolute Gasteiger partial charge is 0.290 e. The Labute approximate surface area is 201 Å². The van der Waals surface area contributed by atoms with Crippen molar-refractivity contribution in [3.8, 4) is 22.8 Å². The summed E-state index contributed by atoms with van der Waals surface area (Å²) in [5, 5.41) is 7.62. The first-order chi connectivity index (χ1) is 17.1. The Bertz CT molecular complexity index is 1300. The minimum atomic E-state index is -0.144. The molecule has 4 heterocycles. The van der Waals surface area contributed by atoms with Crippen molar-refractivity contribution in [1.29, 1.82) is 0 Å². The van der Waals surface area contributed by atoms with Gasteiger partial charge >= 0.3 is 0 Å². The van der Waals surface area contributed by atoms with Gasteiger partial charge in [-0.05, 0) is 36.6 Å². The fourth-order valence-corrected chi connectivity index (χ4v) is 4.81. The summed E-state index contributed by atoms with van der Waals surface area (Å²) >= 11 is 0. The summed E-state index contributed by atoms with van der Waals surface area (Å²) in [6.07, 6.45) is 3.36. The molecule has 1 fully saturated rings. The van der Waals surface area contributed by atoms with Crippen LogP contribution in [0.4, 0.5) is 0 Å². The molecule has 6 rings (SSSR count). The zero-order valence-corrected chi connectivity index (χ0v) is 19.5. The zero-order valence-electron chi connectivity index (χ0n) is 19.5. The molecule has 1 aliphatic carbocycles. The van der Waals surface area contributed by atoms with Crippen molar-refractivity contribution < 1.29 is 28.2 Å². The number of rotatable bonds is 5. The second-order valence-corrected chi connectivity index (χ2v) is 8.92. The molecule has 10 heteroatoms. The highest BCUT2D eigenvalue weighted by Gasteiger charge is 2.32. The van der Waals surface area contributed by atoms with E-state index in [2.05, 4.69) is 5.32 Å². The Hall–Kier alpha value is -3.79. The molecule has 0 bridgehead atoms. The molecule has 182 valence electrons. The number of hydrogen-bond donors (Lipinski definition) is 1. The van der Waals surface area contributed by atoms with Gasteiger partial charge in [0.05, 0.1) is 18.9 Å². The molecular weight excluding hydrogens is 452 g/mol. The molecule has 0 unspecified atom stereocenters. The fourth-order valence-electron chi connectivity index (χ4n) is 4.81. The van der Waals surface area contributed by atoms with E-state index in [1.807, 2.05) is 31.3 Å². The second kappa shape index (κ2) is 8.77. The van der Waals surface area contributed by atoms with Gasteiger partial charge in [0, 0.05) is 43.4 Å². The number of hydrogen-bond acceptors (Lipinski definition) is 7. The van der Waals surface area contributed by atoms with E-state index in [9.17, 15) is 9.59 Å². The lowest BCUT2D eigenvalue weighted by molar-refractivity contribution is -0.122. The van der Waals surface area contributed by atoms with Crippen LogP contribution in [0.25, 0.3) is 11.3 Å². The largest absolute Gasteiger partial charge is 0.455 e. The molecule has 0 spiro atoms. The lowest BCUT2D eigenvalue weighted by atomic mass is 9.93. The average Bonchev–Trinajstić information content (AvgIpc) is 3.59. The predicted octanol–water partition coefficient (Wildman–Crippen LogP) is 2.07. The lowest BCUT2D eigenvalue weighted by Crippen LogP contribution is -2.40. The standard InChI is InChI=1S/C25H26N4O6/c1-15-22-19(35-24(15)25(31)28-6-8-32-9-7-28)5-3-17-12-29(27-23(17)22)13-21(30)26-11-16-2-4-18-20(10-16)34-14-33-18/h2,4,10,12H,3,5-9,11,13-14H2,1H3,(H,26,30). The predicted molar refractivity (Wildman–Crippen MR) is 123 cm³/mol. The molecule has 0 saturated carbocycles. The number of aromatic nitrogens is 2. The third kappa shape index (κ3) is 4.03. The van der Waals surface area contributed by atoms with Crippen molar-refractivity contribution in [3.05, 3.63) is 52.6 Å². The number of amides is 2. The van der Waals surface area contributed by atoms with Crippen LogP contribution in [0, 0.1) is 6.92 Å². The van der Waals surface area contributed by atoms with Gasteiger partial charge in [0.2, 0.25) is 12.7 Å². The Morgan fingerprint density at radius 2 is 1.94 bits per heavy atom. The molecule has 1 aromatic carbocycles. The summed E-state index contributed by atoms with van der Waals surface area (Å²) in [5.41, 5.74) is 4.45. The van der Waals surface area contributed by atoms with Gasteiger partial charge in [-0.3, -0.25) is 14.3 Å². The molecule has 2 aliphatic heterocycles. The number of aryl methyl sites for hydroxylation is 2. The Morgan fingerprint density at radius 3 is 2.80 bits per heavy atom. The van der Waals surface area contributed by atoms with Crippen LogP contribution in [0.15, 0.2) is 28.8 Å². The SMILES string of the molecule is Cc1c(C(=O)N2CCOCC2)oc2c1-c1nn(CC(=O)NCc3ccc4c(c3)OCO4)cc1CC2. The monoisotopic (exact) mass is 478 g/mol. The maximum atomic E-state index is 13.0. The van der Waals surface area contributed by atoms with Gasteiger partial charge in [-0.15, -0.1) is 0 Å². The fraction of sp³-hybridized carbons (Fsp3) is 0.400. The van der Waals surface area contributed by atoms with Gasteiger partial charge < -0.3 is 28.8 Å². The number of nitrogens with zero attached hydrogens (tertiary/aromatic N) is 3. The maximum absolute atomic E-state index is 13.0. The average molecular weight is 479 g/mol. The van der Waals surface area contributed by atoms with Gasteiger partial charge in [0.1, 0.15) is 12.3 Å². The molecule has 1 saturated heterocycles. The van der Waals surface area contributed by atoms with Gasteiger partial charge in [-0.1, -0.05) is 6.07 Å². The highest BCUT2D eigenvalue weighted by Crippen LogP contribution is 2.38. The van der Waals surface area contributed by atoms with E-state index in [0.29, 0.717) is 56.5 Å². The minimum absolute atomic E-state index is 0.101. The van der Waals surface area contributed by atoms with Crippen LogP contribution in [0.3, 0.4) is 0 Å². The van der Waals surface area contributed by atoms with Crippen LogP contribution in [-0.2, 0) is 35.5 Å². The summed E-state index contributed by atoms with van der Waals surface area (Å²) in [6, 6.07) is 5.61. The first-order valence-corrected chi connectivity index (χ1v) is 11.8. The van der Waals surface area contributed by atoms with E-state index >= 15 is 0 Å². The summed E-state index contributed by atoms with van der Waals surface area (Å²) in [4.78, 5) is 27.4. The molecule has 3 aromatic rings. The number of benzene rings is 1. The normalized spacial score (nSPS) is 16.1. The van der Waals surface area contributed by atoms with Crippen LogP contribution >= 0.6 is 0 Å². The Morgan fingerprint density at radius 1 is 1.11 bits per heavy atom. The van der Waals surface area contributed by atoms with E-state index in [4.69, 9.17) is 23.7 Å². The summed E-state index contributed by atoms with van der Waals surface area (Å²) in [7, 11) is 0. The van der Waals surface area contributed by atoms with Crippen molar-refractivity contribution >= 4 is 11.8 Å². The Balaban J connectivity index is 1.15. The summed E-state index contributed by atoms with van der Waals surface area (Å²) < 4.78 is 23.8. The third-order valence-electron chi connectivity index (χ3n) is 6.64. The molecule has 2 aromatic heterocycles. The number of morpholine rings is 1. The molecular formula is C25H26N4O6. The number of ether oxygens (including phenoxy) is 3. The number of furan rings is 1. The van der Waals surface area contributed by atoms with Crippen molar-refractivity contribution in [3.63, 3.8) is 0 Å². The molecule has 2 amide bonds. The van der Waals surface area contributed by atoms with E-state index in [0.717, 1.165) is 40.1 Å². The van der Waals surface area contributed by atoms with Crippen LogP contribution < -0.4 is 14.8 Å². The van der Waals surface area contributed by atoms with Crippen molar-refractivity contribution in [2.45, 2.75) is 32.9 Å². The summed E-state index contributed by atoms with van der Waals surface area (Å²) in [6.45, 7) is 4.80. The number of nitrogens with one attached hydrogen (secondary N) is 1. The van der Waals surface area contributed by atoms with Crippen molar-refractivity contribution in [2.75, 3.05) is 33.1 Å². The van der Waals surface area contributed by atoms with Gasteiger partial charge in [-0.25, -0.2) is 0 Å².